The zero-order valence-electron chi connectivity index (χ0n) is 23.3. The average Bonchev–Trinajstić information content (AvgIpc) is 2.90. The summed E-state index contributed by atoms with van der Waals surface area (Å²) in [5, 5.41) is 0. The second-order valence-electron chi connectivity index (χ2n) is 9.78. The van der Waals surface area contributed by atoms with Gasteiger partial charge in [0.25, 0.3) is 0 Å². The van der Waals surface area contributed by atoms with Crippen molar-refractivity contribution in [2.24, 2.45) is 0 Å². The van der Waals surface area contributed by atoms with E-state index in [2.05, 4.69) is 32.9 Å². The summed E-state index contributed by atoms with van der Waals surface area (Å²) in [6.07, 6.45) is 14.2. The van der Waals surface area contributed by atoms with Gasteiger partial charge in [0, 0.05) is 0 Å². The van der Waals surface area contributed by atoms with Gasteiger partial charge in [0.05, 0.1) is 13.2 Å². The summed E-state index contributed by atoms with van der Waals surface area (Å²) in [6, 6.07) is 16.1. The van der Waals surface area contributed by atoms with Crippen LogP contribution in [0.2, 0.25) is 0 Å². The van der Waals surface area contributed by atoms with Crippen molar-refractivity contribution < 1.29 is 18.9 Å². The van der Waals surface area contributed by atoms with Crippen LogP contribution in [-0.2, 0) is 4.74 Å². The molecule has 4 heteroatoms. The Balaban J connectivity index is 1.49. The van der Waals surface area contributed by atoms with Gasteiger partial charge < -0.3 is 18.9 Å². The van der Waals surface area contributed by atoms with E-state index in [0.717, 1.165) is 36.7 Å². The Morgan fingerprint density at radius 1 is 0.556 bits per heavy atom. The Hall–Kier alpha value is -2.20. The number of benzene rings is 2. The number of rotatable bonds is 21. The predicted octanol–water partition coefficient (Wildman–Crippen LogP) is 9.32. The maximum Gasteiger partial charge on any atom is 0.197 e. The van der Waals surface area contributed by atoms with E-state index < -0.39 is 0 Å². The molecule has 2 atom stereocenters. The molecule has 36 heavy (non-hydrogen) atoms. The van der Waals surface area contributed by atoms with Gasteiger partial charge in [-0.1, -0.05) is 90.7 Å². The van der Waals surface area contributed by atoms with Gasteiger partial charge in [-0.3, -0.25) is 0 Å². The lowest BCUT2D eigenvalue weighted by atomic mass is 9.99. The smallest absolute Gasteiger partial charge is 0.197 e. The molecular formula is C32H50O4. The first-order valence-corrected chi connectivity index (χ1v) is 14.4. The van der Waals surface area contributed by atoms with Crippen molar-refractivity contribution in [1.82, 2.24) is 0 Å². The van der Waals surface area contributed by atoms with E-state index in [0.29, 0.717) is 19.1 Å². The van der Waals surface area contributed by atoms with Gasteiger partial charge in [-0.25, -0.2) is 0 Å². The fourth-order valence-electron chi connectivity index (χ4n) is 4.12. The second kappa shape index (κ2) is 19.0. The maximum absolute atomic E-state index is 5.88. The lowest BCUT2D eigenvalue weighted by Gasteiger charge is -2.17. The van der Waals surface area contributed by atoms with Crippen molar-refractivity contribution >= 4 is 0 Å². The Bertz CT molecular complexity index is 772. The van der Waals surface area contributed by atoms with Crippen LogP contribution in [0, 0.1) is 0 Å². The first-order valence-electron chi connectivity index (χ1n) is 14.4. The molecule has 202 valence electrons. The molecule has 2 aromatic rings. The van der Waals surface area contributed by atoms with E-state index in [1.54, 1.807) is 0 Å². The maximum atomic E-state index is 5.88. The van der Waals surface area contributed by atoms with Crippen molar-refractivity contribution in [1.29, 1.82) is 0 Å². The van der Waals surface area contributed by atoms with Gasteiger partial charge in [-0.15, -0.1) is 0 Å². The third-order valence-electron chi connectivity index (χ3n) is 6.66. The van der Waals surface area contributed by atoms with Crippen LogP contribution in [0.25, 0.3) is 0 Å². The SMILES string of the molecule is CCCCCCCCCCCCOc1ccc(OCCOC(C)Oc2ccc(C(C)CC)cc2)cc1. The monoisotopic (exact) mass is 498 g/mol. The molecule has 4 nitrogen and oxygen atoms in total. The molecule has 0 bridgehead atoms. The summed E-state index contributed by atoms with van der Waals surface area (Å²) in [5.74, 6) is 3.11. The van der Waals surface area contributed by atoms with Crippen molar-refractivity contribution in [3.05, 3.63) is 54.1 Å². The molecule has 0 aliphatic heterocycles. The molecule has 0 aliphatic carbocycles. The molecule has 0 aromatic heterocycles. The van der Waals surface area contributed by atoms with Crippen LogP contribution in [0.4, 0.5) is 0 Å². The Morgan fingerprint density at radius 3 is 1.61 bits per heavy atom. The summed E-state index contributed by atoms with van der Waals surface area (Å²) in [7, 11) is 0. The molecule has 2 aromatic carbocycles. The Kier molecular flexibility index (Phi) is 15.8. The zero-order chi connectivity index (χ0) is 25.8. The molecule has 0 radical (unpaired) electrons. The van der Waals surface area contributed by atoms with Crippen molar-refractivity contribution in [2.45, 2.75) is 111 Å². The van der Waals surface area contributed by atoms with Crippen LogP contribution >= 0.6 is 0 Å². The highest BCUT2D eigenvalue weighted by Crippen LogP contribution is 2.22. The first kappa shape index (κ1) is 30.0. The van der Waals surface area contributed by atoms with Gasteiger partial charge >= 0.3 is 0 Å². The van der Waals surface area contributed by atoms with Crippen LogP contribution in [0.1, 0.15) is 110 Å². The molecule has 2 unspecified atom stereocenters. The van der Waals surface area contributed by atoms with Gasteiger partial charge in [-0.05, 0) is 67.6 Å². The molecule has 0 aliphatic rings. The normalized spacial score (nSPS) is 12.8. The molecular weight excluding hydrogens is 448 g/mol. The molecule has 0 N–H and O–H groups in total. The molecule has 0 spiro atoms. The van der Waals surface area contributed by atoms with Crippen molar-refractivity contribution in [3.8, 4) is 17.2 Å². The summed E-state index contributed by atoms with van der Waals surface area (Å²) in [5.41, 5.74) is 1.34. The highest BCUT2D eigenvalue weighted by atomic mass is 16.7. The minimum Gasteiger partial charge on any atom is -0.494 e. The zero-order valence-corrected chi connectivity index (χ0v) is 23.3. The summed E-state index contributed by atoms with van der Waals surface area (Å²) >= 11 is 0. The average molecular weight is 499 g/mol. The number of hydrogen-bond acceptors (Lipinski definition) is 4. The lowest BCUT2D eigenvalue weighted by molar-refractivity contribution is -0.0739. The van der Waals surface area contributed by atoms with Crippen LogP contribution in [-0.4, -0.2) is 26.1 Å². The molecule has 0 heterocycles. The third kappa shape index (κ3) is 13.2. The van der Waals surface area contributed by atoms with Crippen LogP contribution in [0.5, 0.6) is 17.2 Å². The fourth-order valence-corrected chi connectivity index (χ4v) is 4.12. The summed E-state index contributed by atoms with van der Waals surface area (Å²) in [6.45, 7) is 10.3. The third-order valence-corrected chi connectivity index (χ3v) is 6.66. The largest absolute Gasteiger partial charge is 0.494 e. The molecule has 0 saturated carbocycles. The minimum atomic E-state index is -0.329. The van der Waals surface area contributed by atoms with Gasteiger partial charge in [0.15, 0.2) is 6.29 Å². The standard InChI is InChI=1S/C32H50O4/c1-5-7-8-9-10-11-12-13-14-15-24-34-30-20-22-31(23-21-30)35-26-25-33-28(4)36-32-18-16-29(17-19-32)27(3)6-2/h16-23,27-28H,5-15,24-26H2,1-4H3. The summed E-state index contributed by atoms with van der Waals surface area (Å²) < 4.78 is 23.3. The van der Waals surface area contributed by atoms with Crippen LogP contribution in [0.15, 0.2) is 48.5 Å². The molecule has 2 rings (SSSR count). The van der Waals surface area contributed by atoms with Gasteiger partial charge in [0.2, 0.25) is 0 Å². The van der Waals surface area contributed by atoms with E-state index in [1.165, 1.54) is 63.4 Å². The van der Waals surface area contributed by atoms with E-state index in [1.807, 2.05) is 43.3 Å². The first-order chi connectivity index (χ1) is 17.6. The number of hydrogen-bond donors (Lipinski definition) is 0. The van der Waals surface area contributed by atoms with Crippen molar-refractivity contribution in [3.63, 3.8) is 0 Å². The topological polar surface area (TPSA) is 36.9 Å². The van der Waals surface area contributed by atoms with Crippen molar-refractivity contribution in [2.75, 3.05) is 19.8 Å². The second-order valence-corrected chi connectivity index (χ2v) is 9.78. The van der Waals surface area contributed by atoms with Crippen LogP contribution in [0.3, 0.4) is 0 Å². The number of unbranched alkanes of at least 4 members (excludes halogenated alkanes) is 9. The summed E-state index contributed by atoms with van der Waals surface area (Å²) in [4.78, 5) is 0. The minimum absolute atomic E-state index is 0.329. The molecule has 0 fully saturated rings. The molecule has 0 saturated heterocycles. The predicted molar refractivity (Wildman–Crippen MR) is 150 cm³/mol. The van der Waals surface area contributed by atoms with E-state index in [9.17, 15) is 0 Å². The number of ether oxygens (including phenoxy) is 4. The fraction of sp³-hybridized carbons (Fsp3) is 0.625. The van der Waals surface area contributed by atoms with Crippen LogP contribution < -0.4 is 14.2 Å². The Labute approximate surface area is 220 Å². The van der Waals surface area contributed by atoms with Gasteiger partial charge in [0.1, 0.15) is 23.9 Å². The quantitative estimate of drug-likeness (QED) is 0.127. The Morgan fingerprint density at radius 2 is 1.06 bits per heavy atom. The highest BCUT2D eigenvalue weighted by Gasteiger charge is 2.07. The molecule has 0 amide bonds. The van der Waals surface area contributed by atoms with E-state index >= 15 is 0 Å². The van der Waals surface area contributed by atoms with E-state index in [4.69, 9.17) is 18.9 Å². The van der Waals surface area contributed by atoms with Gasteiger partial charge in [-0.2, -0.15) is 0 Å². The highest BCUT2D eigenvalue weighted by molar-refractivity contribution is 5.31. The lowest BCUT2D eigenvalue weighted by Crippen LogP contribution is -2.19. The van der Waals surface area contributed by atoms with E-state index in [-0.39, 0.29) is 6.29 Å².